The van der Waals surface area contributed by atoms with E-state index < -0.39 is 11.9 Å². The van der Waals surface area contributed by atoms with Gasteiger partial charge in [0.1, 0.15) is 0 Å². The first-order valence-electron chi connectivity index (χ1n) is 5.12. The Kier molecular flexibility index (Phi) is 6.97. The molecule has 0 radical (unpaired) electrons. The van der Waals surface area contributed by atoms with Crippen LogP contribution < -0.4 is 10.6 Å². The van der Waals surface area contributed by atoms with Gasteiger partial charge in [0.25, 0.3) is 0 Å². The van der Waals surface area contributed by atoms with Gasteiger partial charge in [-0.05, 0) is 5.92 Å². The summed E-state index contributed by atoms with van der Waals surface area (Å²) in [6, 6.07) is 0. The number of carboxylic acid groups (broad SMARTS) is 1. The first-order chi connectivity index (χ1) is 7.49. The van der Waals surface area contributed by atoms with Crippen molar-refractivity contribution < 1.29 is 14.7 Å². The van der Waals surface area contributed by atoms with E-state index in [1.165, 1.54) is 0 Å². The first-order valence-corrected chi connectivity index (χ1v) is 5.12. The van der Waals surface area contributed by atoms with Gasteiger partial charge in [-0.15, -0.1) is 6.42 Å². The van der Waals surface area contributed by atoms with Crippen LogP contribution in [0.1, 0.15) is 13.8 Å². The number of hydrogen-bond donors (Lipinski definition) is 3. The third-order valence-corrected chi connectivity index (χ3v) is 2.15. The number of hydrogen-bond acceptors (Lipinski definition) is 3. The van der Waals surface area contributed by atoms with Gasteiger partial charge in [-0.2, -0.15) is 0 Å². The Morgan fingerprint density at radius 1 is 1.44 bits per heavy atom. The molecule has 16 heavy (non-hydrogen) atoms. The topological polar surface area (TPSA) is 78.4 Å². The molecule has 0 spiro atoms. The molecule has 0 aromatic carbocycles. The Balaban J connectivity index is 3.89. The minimum atomic E-state index is -0.896. The maximum Gasteiger partial charge on any atom is 0.308 e. The van der Waals surface area contributed by atoms with Gasteiger partial charge in [0.2, 0.25) is 5.91 Å². The van der Waals surface area contributed by atoms with Gasteiger partial charge in [0, 0.05) is 6.54 Å². The number of carboxylic acids is 1. The molecule has 0 heterocycles. The van der Waals surface area contributed by atoms with E-state index in [1.807, 2.05) is 13.8 Å². The quantitative estimate of drug-likeness (QED) is 0.411. The van der Waals surface area contributed by atoms with Crippen molar-refractivity contribution in [2.75, 3.05) is 19.6 Å². The lowest BCUT2D eigenvalue weighted by Gasteiger charge is -2.16. The highest BCUT2D eigenvalue weighted by Gasteiger charge is 2.21. The molecule has 0 saturated carbocycles. The highest BCUT2D eigenvalue weighted by Crippen LogP contribution is 2.09. The van der Waals surface area contributed by atoms with Crippen LogP contribution in [0.3, 0.4) is 0 Å². The Bertz CT molecular complexity index is 281. The second-order valence-electron chi connectivity index (χ2n) is 3.80. The van der Waals surface area contributed by atoms with Gasteiger partial charge >= 0.3 is 5.97 Å². The first kappa shape index (κ1) is 14.5. The normalized spacial score (nSPS) is 11.9. The number of amides is 1. The van der Waals surface area contributed by atoms with Gasteiger partial charge in [0.05, 0.1) is 19.0 Å². The van der Waals surface area contributed by atoms with Crippen LogP contribution in [0.4, 0.5) is 0 Å². The van der Waals surface area contributed by atoms with Gasteiger partial charge in [-0.25, -0.2) is 0 Å². The van der Waals surface area contributed by atoms with E-state index in [9.17, 15) is 9.59 Å². The molecule has 0 fully saturated rings. The molecule has 0 aliphatic carbocycles. The third kappa shape index (κ3) is 6.04. The number of rotatable bonds is 7. The fraction of sp³-hybridized carbons (Fsp3) is 0.636. The van der Waals surface area contributed by atoms with Crippen LogP contribution in [-0.4, -0.2) is 36.6 Å². The zero-order valence-corrected chi connectivity index (χ0v) is 9.62. The molecule has 1 amide bonds. The van der Waals surface area contributed by atoms with Crippen molar-refractivity contribution in [2.24, 2.45) is 11.8 Å². The summed E-state index contributed by atoms with van der Waals surface area (Å²) < 4.78 is 0. The van der Waals surface area contributed by atoms with E-state index in [-0.39, 0.29) is 24.9 Å². The average molecular weight is 226 g/mol. The van der Waals surface area contributed by atoms with Crippen molar-refractivity contribution in [1.29, 1.82) is 0 Å². The smallest absolute Gasteiger partial charge is 0.308 e. The molecule has 5 heteroatoms. The molecule has 0 aliphatic rings. The van der Waals surface area contributed by atoms with Crippen LogP contribution in [0.2, 0.25) is 0 Å². The number of terminal acetylenes is 1. The summed E-state index contributed by atoms with van der Waals surface area (Å²) in [5.74, 6) is 0.619. The van der Waals surface area contributed by atoms with Crippen molar-refractivity contribution >= 4 is 11.9 Å². The number of aliphatic carboxylic acids is 1. The lowest BCUT2D eigenvalue weighted by Crippen LogP contribution is -2.39. The maximum atomic E-state index is 11.2. The van der Waals surface area contributed by atoms with Crippen LogP contribution >= 0.6 is 0 Å². The molecule has 0 aromatic rings. The predicted molar refractivity (Wildman–Crippen MR) is 60.7 cm³/mol. The molecule has 0 saturated heterocycles. The molecule has 0 aliphatic heterocycles. The fourth-order valence-electron chi connectivity index (χ4n) is 1.14. The van der Waals surface area contributed by atoms with Crippen LogP contribution in [0.25, 0.3) is 0 Å². The second kappa shape index (κ2) is 7.71. The van der Waals surface area contributed by atoms with E-state index >= 15 is 0 Å². The number of carbonyl (C=O) groups excluding carboxylic acids is 1. The Hall–Kier alpha value is -1.54. The Labute approximate surface area is 95.6 Å². The summed E-state index contributed by atoms with van der Waals surface area (Å²) >= 11 is 0. The summed E-state index contributed by atoms with van der Waals surface area (Å²) in [4.78, 5) is 22.1. The lowest BCUT2D eigenvalue weighted by atomic mass is 9.96. The van der Waals surface area contributed by atoms with Crippen molar-refractivity contribution in [1.82, 2.24) is 10.6 Å². The Morgan fingerprint density at radius 2 is 2.06 bits per heavy atom. The van der Waals surface area contributed by atoms with E-state index in [0.29, 0.717) is 6.54 Å². The van der Waals surface area contributed by atoms with Crippen molar-refractivity contribution in [3.8, 4) is 12.3 Å². The lowest BCUT2D eigenvalue weighted by molar-refractivity contribution is -0.143. The molecular weight excluding hydrogens is 208 g/mol. The fourth-order valence-corrected chi connectivity index (χ4v) is 1.14. The summed E-state index contributed by atoms with van der Waals surface area (Å²) in [6.07, 6.45) is 4.99. The zero-order valence-electron chi connectivity index (χ0n) is 9.62. The van der Waals surface area contributed by atoms with E-state index in [4.69, 9.17) is 11.5 Å². The Morgan fingerprint density at radius 3 is 2.50 bits per heavy atom. The van der Waals surface area contributed by atoms with E-state index in [0.717, 1.165) is 0 Å². The molecular formula is C11H18N2O3. The van der Waals surface area contributed by atoms with Crippen LogP contribution in [0.15, 0.2) is 0 Å². The van der Waals surface area contributed by atoms with Gasteiger partial charge in [-0.3, -0.25) is 14.9 Å². The predicted octanol–water partition coefficient (Wildman–Crippen LogP) is -0.318. The van der Waals surface area contributed by atoms with Crippen LogP contribution in [-0.2, 0) is 9.59 Å². The van der Waals surface area contributed by atoms with Gasteiger partial charge in [-0.1, -0.05) is 19.8 Å². The summed E-state index contributed by atoms with van der Waals surface area (Å²) in [6.45, 7) is 4.18. The second-order valence-corrected chi connectivity index (χ2v) is 3.80. The van der Waals surface area contributed by atoms with Gasteiger partial charge in [0.15, 0.2) is 0 Å². The SMILES string of the molecule is C#CCNCC(=O)NCC(C(=O)O)C(C)C. The highest BCUT2D eigenvalue weighted by molar-refractivity contribution is 5.79. The molecule has 90 valence electrons. The zero-order chi connectivity index (χ0) is 12.6. The average Bonchev–Trinajstić information content (AvgIpc) is 2.17. The highest BCUT2D eigenvalue weighted by atomic mass is 16.4. The molecule has 1 atom stereocenters. The third-order valence-electron chi connectivity index (χ3n) is 2.15. The van der Waals surface area contributed by atoms with E-state index in [1.54, 1.807) is 0 Å². The maximum absolute atomic E-state index is 11.2. The molecule has 0 rings (SSSR count). The molecule has 3 N–H and O–H groups in total. The number of carbonyl (C=O) groups is 2. The molecule has 0 bridgehead atoms. The van der Waals surface area contributed by atoms with Crippen molar-refractivity contribution in [3.63, 3.8) is 0 Å². The number of nitrogens with one attached hydrogen (secondary N) is 2. The minimum absolute atomic E-state index is 0.0172. The van der Waals surface area contributed by atoms with Crippen molar-refractivity contribution in [2.45, 2.75) is 13.8 Å². The van der Waals surface area contributed by atoms with E-state index in [2.05, 4.69) is 16.6 Å². The van der Waals surface area contributed by atoms with Crippen molar-refractivity contribution in [3.05, 3.63) is 0 Å². The summed E-state index contributed by atoms with van der Waals surface area (Å²) in [5.41, 5.74) is 0. The standard InChI is InChI=1S/C11H18N2O3/c1-4-5-12-7-10(14)13-6-9(8(2)3)11(15)16/h1,8-9,12H,5-7H2,2-3H3,(H,13,14)(H,15,16). The van der Waals surface area contributed by atoms with Gasteiger partial charge < -0.3 is 10.4 Å². The van der Waals surface area contributed by atoms with Crippen LogP contribution in [0.5, 0.6) is 0 Å². The van der Waals surface area contributed by atoms with Crippen LogP contribution in [0, 0.1) is 24.2 Å². The minimum Gasteiger partial charge on any atom is -0.481 e. The summed E-state index contributed by atoms with van der Waals surface area (Å²) in [7, 11) is 0. The largest absolute Gasteiger partial charge is 0.481 e. The summed E-state index contributed by atoms with van der Waals surface area (Å²) in [5, 5.41) is 14.2. The monoisotopic (exact) mass is 226 g/mol. The molecule has 5 nitrogen and oxygen atoms in total. The molecule has 0 aromatic heterocycles. The molecule has 1 unspecified atom stereocenters.